The predicted molar refractivity (Wildman–Crippen MR) is 76.3 cm³/mol. The Hall–Kier alpha value is -1.24. The van der Waals surface area contributed by atoms with E-state index in [-0.39, 0.29) is 5.54 Å². The van der Waals surface area contributed by atoms with Gasteiger partial charge in [-0.2, -0.15) is 0 Å². The van der Waals surface area contributed by atoms with Crippen molar-refractivity contribution in [3.63, 3.8) is 0 Å². The zero-order chi connectivity index (χ0) is 12.3. The van der Waals surface area contributed by atoms with Crippen molar-refractivity contribution in [3.05, 3.63) is 35.9 Å². The highest BCUT2D eigenvalue weighted by Crippen LogP contribution is 2.37. The normalized spacial score (nSPS) is 22.6. The number of allylic oxidation sites excluding steroid dienone is 1. The standard InChI is InChI=1S/C16H23N/c1-4-8-13-12-16(3,11-5-2)17-15-10-7-6-9-14(13)15/h6-7,9-10,12,17H,4-5,8,11H2,1-3H3. The lowest BCUT2D eigenvalue weighted by Crippen LogP contribution is -2.35. The largest absolute Gasteiger partial charge is 0.376 e. The predicted octanol–water partition coefficient (Wildman–Crippen LogP) is 4.85. The summed E-state index contributed by atoms with van der Waals surface area (Å²) in [6, 6.07) is 8.68. The first-order valence-corrected chi connectivity index (χ1v) is 6.78. The van der Waals surface area contributed by atoms with Gasteiger partial charge in [-0.25, -0.2) is 0 Å². The molecule has 0 amide bonds. The Labute approximate surface area is 105 Å². The Kier molecular flexibility index (Phi) is 3.56. The van der Waals surface area contributed by atoms with Crippen molar-refractivity contribution in [2.75, 3.05) is 5.32 Å². The maximum Gasteiger partial charge on any atom is 0.0534 e. The second-order valence-electron chi connectivity index (χ2n) is 5.26. The number of fused-ring (bicyclic) bond motifs is 1. The Bertz CT molecular complexity index is 419. The van der Waals surface area contributed by atoms with Gasteiger partial charge in [0.05, 0.1) is 5.54 Å². The highest BCUT2D eigenvalue weighted by molar-refractivity contribution is 5.81. The van der Waals surface area contributed by atoms with Gasteiger partial charge in [-0.1, -0.05) is 51.0 Å². The highest BCUT2D eigenvalue weighted by Gasteiger charge is 2.26. The van der Waals surface area contributed by atoms with Crippen molar-refractivity contribution < 1.29 is 0 Å². The fourth-order valence-electron chi connectivity index (χ4n) is 2.81. The average molecular weight is 229 g/mol. The van der Waals surface area contributed by atoms with Crippen LogP contribution in [0.3, 0.4) is 0 Å². The first-order valence-electron chi connectivity index (χ1n) is 6.78. The van der Waals surface area contributed by atoms with Crippen LogP contribution in [-0.2, 0) is 0 Å². The van der Waals surface area contributed by atoms with Crippen LogP contribution < -0.4 is 5.32 Å². The number of benzene rings is 1. The molecule has 0 saturated heterocycles. The second kappa shape index (κ2) is 4.95. The van der Waals surface area contributed by atoms with E-state index < -0.39 is 0 Å². The van der Waals surface area contributed by atoms with Crippen molar-refractivity contribution in [1.82, 2.24) is 0 Å². The number of hydrogen-bond donors (Lipinski definition) is 1. The smallest absolute Gasteiger partial charge is 0.0534 e. The second-order valence-corrected chi connectivity index (χ2v) is 5.26. The molecule has 1 aromatic rings. The van der Waals surface area contributed by atoms with Gasteiger partial charge in [0.2, 0.25) is 0 Å². The molecule has 1 heterocycles. The zero-order valence-electron chi connectivity index (χ0n) is 11.2. The molecule has 0 radical (unpaired) electrons. The fourth-order valence-corrected chi connectivity index (χ4v) is 2.81. The van der Waals surface area contributed by atoms with E-state index in [1.807, 2.05) is 0 Å². The topological polar surface area (TPSA) is 12.0 Å². The summed E-state index contributed by atoms with van der Waals surface area (Å²) in [7, 11) is 0. The SMILES string of the molecule is CCCC1=CC(C)(CCC)Nc2ccccc21. The van der Waals surface area contributed by atoms with Crippen LogP contribution in [0.1, 0.15) is 52.0 Å². The van der Waals surface area contributed by atoms with E-state index in [0.29, 0.717) is 0 Å². The van der Waals surface area contributed by atoms with E-state index in [2.05, 4.69) is 56.4 Å². The summed E-state index contributed by atoms with van der Waals surface area (Å²) < 4.78 is 0. The molecular formula is C16H23N. The van der Waals surface area contributed by atoms with E-state index in [1.54, 1.807) is 0 Å². The lowest BCUT2D eigenvalue weighted by molar-refractivity contribution is 0.562. The number of hydrogen-bond acceptors (Lipinski definition) is 1. The van der Waals surface area contributed by atoms with E-state index in [0.717, 1.165) is 0 Å². The van der Waals surface area contributed by atoms with Crippen molar-refractivity contribution in [3.8, 4) is 0 Å². The minimum absolute atomic E-state index is 0.133. The molecule has 92 valence electrons. The molecule has 1 heteroatoms. The molecule has 2 rings (SSSR count). The van der Waals surface area contributed by atoms with Gasteiger partial charge in [0, 0.05) is 11.3 Å². The van der Waals surface area contributed by atoms with Crippen LogP contribution in [0.4, 0.5) is 5.69 Å². The Morgan fingerprint density at radius 3 is 2.59 bits per heavy atom. The molecule has 0 fully saturated rings. The van der Waals surface area contributed by atoms with Crippen LogP contribution in [0.15, 0.2) is 30.3 Å². The van der Waals surface area contributed by atoms with Gasteiger partial charge < -0.3 is 5.32 Å². The molecule has 1 aliphatic rings. The maximum absolute atomic E-state index is 3.69. The molecule has 0 aliphatic carbocycles. The molecule has 1 aromatic carbocycles. The average Bonchev–Trinajstić information content (AvgIpc) is 2.29. The quantitative estimate of drug-likeness (QED) is 0.778. The third-order valence-corrected chi connectivity index (χ3v) is 3.47. The lowest BCUT2D eigenvalue weighted by atomic mass is 9.85. The van der Waals surface area contributed by atoms with Gasteiger partial charge in [-0.05, 0) is 31.4 Å². The van der Waals surface area contributed by atoms with Crippen molar-refractivity contribution in [2.24, 2.45) is 0 Å². The van der Waals surface area contributed by atoms with Crippen LogP contribution in [0.25, 0.3) is 5.57 Å². The fraction of sp³-hybridized carbons (Fsp3) is 0.500. The molecule has 1 unspecified atom stereocenters. The van der Waals surface area contributed by atoms with Crippen LogP contribution in [-0.4, -0.2) is 5.54 Å². The van der Waals surface area contributed by atoms with Crippen LogP contribution >= 0.6 is 0 Å². The van der Waals surface area contributed by atoms with E-state index >= 15 is 0 Å². The Morgan fingerprint density at radius 2 is 1.88 bits per heavy atom. The van der Waals surface area contributed by atoms with Gasteiger partial charge in [0.1, 0.15) is 0 Å². The third kappa shape index (κ3) is 2.54. The summed E-state index contributed by atoms with van der Waals surface area (Å²) in [5.74, 6) is 0. The van der Waals surface area contributed by atoms with Crippen molar-refractivity contribution in [2.45, 2.75) is 52.0 Å². The minimum atomic E-state index is 0.133. The van der Waals surface area contributed by atoms with Crippen molar-refractivity contribution >= 4 is 11.3 Å². The van der Waals surface area contributed by atoms with Crippen LogP contribution in [0.5, 0.6) is 0 Å². The summed E-state index contributed by atoms with van der Waals surface area (Å²) in [4.78, 5) is 0. The van der Waals surface area contributed by atoms with E-state index in [4.69, 9.17) is 0 Å². The van der Waals surface area contributed by atoms with E-state index in [1.165, 1.54) is 42.5 Å². The van der Waals surface area contributed by atoms with Crippen LogP contribution in [0, 0.1) is 0 Å². The molecule has 1 aliphatic heterocycles. The Balaban J connectivity index is 2.39. The molecule has 17 heavy (non-hydrogen) atoms. The zero-order valence-corrected chi connectivity index (χ0v) is 11.2. The number of para-hydroxylation sites is 1. The Morgan fingerprint density at radius 1 is 1.12 bits per heavy atom. The first kappa shape index (κ1) is 12.2. The third-order valence-electron chi connectivity index (χ3n) is 3.47. The summed E-state index contributed by atoms with van der Waals surface area (Å²) in [5.41, 5.74) is 4.34. The highest BCUT2D eigenvalue weighted by atomic mass is 15.0. The molecule has 0 saturated carbocycles. The minimum Gasteiger partial charge on any atom is -0.376 e. The monoisotopic (exact) mass is 229 g/mol. The number of rotatable bonds is 4. The van der Waals surface area contributed by atoms with Crippen molar-refractivity contribution in [1.29, 1.82) is 0 Å². The van der Waals surface area contributed by atoms with Gasteiger partial charge in [0.15, 0.2) is 0 Å². The maximum atomic E-state index is 3.69. The number of anilines is 1. The molecule has 0 bridgehead atoms. The van der Waals surface area contributed by atoms with E-state index in [9.17, 15) is 0 Å². The lowest BCUT2D eigenvalue weighted by Gasteiger charge is -2.35. The molecule has 1 nitrogen and oxygen atoms in total. The molecular weight excluding hydrogens is 206 g/mol. The molecule has 1 atom stereocenters. The molecule has 0 spiro atoms. The van der Waals surface area contributed by atoms with Crippen LogP contribution in [0.2, 0.25) is 0 Å². The summed E-state index contributed by atoms with van der Waals surface area (Å²) in [6.07, 6.45) is 7.23. The summed E-state index contributed by atoms with van der Waals surface area (Å²) in [5, 5.41) is 3.69. The van der Waals surface area contributed by atoms with Gasteiger partial charge in [-0.3, -0.25) is 0 Å². The summed E-state index contributed by atoms with van der Waals surface area (Å²) >= 11 is 0. The van der Waals surface area contributed by atoms with Gasteiger partial charge in [0.25, 0.3) is 0 Å². The van der Waals surface area contributed by atoms with Gasteiger partial charge >= 0.3 is 0 Å². The molecule has 0 aromatic heterocycles. The number of nitrogens with one attached hydrogen (secondary N) is 1. The summed E-state index contributed by atoms with van der Waals surface area (Å²) in [6.45, 7) is 6.81. The molecule has 1 N–H and O–H groups in total. The van der Waals surface area contributed by atoms with Gasteiger partial charge in [-0.15, -0.1) is 0 Å². The first-order chi connectivity index (χ1) is 8.18.